The molecular weight excluding hydrogens is 172 g/mol. The number of aryl methyl sites for hydroxylation is 3. The number of benzene rings is 1. The van der Waals surface area contributed by atoms with Crippen molar-refractivity contribution in [1.82, 2.24) is 0 Å². The van der Waals surface area contributed by atoms with E-state index in [4.69, 9.17) is 11.6 Å². The molecule has 0 bridgehead atoms. The van der Waals surface area contributed by atoms with Crippen LogP contribution in [-0.2, 0) is 0 Å². The van der Waals surface area contributed by atoms with E-state index in [-0.39, 0.29) is 0 Å². The Labute approximate surface area is 77.4 Å². The highest BCUT2D eigenvalue weighted by Gasteiger charge is 2.09. The first-order valence-corrected chi connectivity index (χ1v) is 4.10. The molecule has 1 aromatic carbocycles. The molecule has 0 aliphatic rings. The minimum atomic E-state index is -0.402. The Morgan fingerprint density at radius 1 is 1.42 bits per heavy atom. The normalized spacial score (nSPS) is 10.0. The molecule has 1 rings (SSSR count). The molecule has 0 spiro atoms. The summed E-state index contributed by atoms with van der Waals surface area (Å²) in [7, 11) is 0. The van der Waals surface area contributed by atoms with Gasteiger partial charge in [-0.1, -0.05) is 6.07 Å². The lowest BCUT2D eigenvalue weighted by atomic mass is 10.0. The SMILES string of the molecule is Cc1[c]c(C)c(C(=O)Cl)c(C)c1. The summed E-state index contributed by atoms with van der Waals surface area (Å²) in [5, 5.41) is -0.402. The van der Waals surface area contributed by atoms with Crippen LogP contribution in [0, 0.1) is 26.8 Å². The largest absolute Gasteiger partial charge is 0.276 e. The Kier molecular flexibility index (Phi) is 2.53. The highest BCUT2D eigenvalue weighted by Crippen LogP contribution is 2.17. The second-order valence-corrected chi connectivity index (χ2v) is 3.25. The van der Waals surface area contributed by atoms with Gasteiger partial charge in [-0.3, -0.25) is 4.79 Å². The molecular formula is C10H10ClO. The molecule has 0 fully saturated rings. The molecule has 0 unspecified atom stereocenters. The second-order valence-electron chi connectivity index (χ2n) is 2.91. The average Bonchev–Trinajstić information content (AvgIpc) is 1.82. The van der Waals surface area contributed by atoms with Gasteiger partial charge in [0.15, 0.2) is 0 Å². The number of hydrogen-bond acceptors (Lipinski definition) is 1. The molecule has 12 heavy (non-hydrogen) atoms. The second kappa shape index (κ2) is 3.28. The van der Waals surface area contributed by atoms with E-state index in [2.05, 4.69) is 6.07 Å². The maximum absolute atomic E-state index is 10.9. The summed E-state index contributed by atoms with van der Waals surface area (Å²) in [6, 6.07) is 4.96. The lowest BCUT2D eigenvalue weighted by Crippen LogP contribution is -1.98. The van der Waals surface area contributed by atoms with Crippen LogP contribution in [0.2, 0.25) is 0 Å². The third-order valence-electron chi connectivity index (χ3n) is 1.78. The van der Waals surface area contributed by atoms with Crippen LogP contribution in [0.5, 0.6) is 0 Å². The average molecular weight is 182 g/mol. The van der Waals surface area contributed by atoms with Gasteiger partial charge in [0.1, 0.15) is 0 Å². The molecule has 2 heteroatoms. The molecule has 0 N–H and O–H groups in total. The van der Waals surface area contributed by atoms with Gasteiger partial charge in [0, 0.05) is 5.56 Å². The van der Waals surface area contributed by atoms with Crippen molar-refractivity contribution in [2.45, 2.75) is 20.8 Å². The van der Waals surface area contributed by atoms with E-state index < -0.39 is 5.24 Å². The van der Waals surface area contributed by atoms with Crippen LogP contribution in [0.15, 0.2) is 6.07 Å². The number of rotatable bonds is 1. The zero-order valence-corrected chi connectivity index (χ0v) is 8.12. The van der Waals surface area contributed by atoms with Crippen LogP contribution in [0.3, 0.4) is 0 Å². The molecule has 0 amide bonds. The van der Waals surface area contributed by atoms with E-state index in [0.717, 1.165) is 16.7 Å². The molecule has 0 saturated carbocycles. The standard InChI is InChI=1S/C10H10ClO/c1-6-4-7(2)9(10(11)12)8(3)5-6/h4H,1-3H3. The number of carbonyl (C=O) groups is 1. The summed E-state index contributed by atoms with van der Waals surface area (Å²) in [5.74, 6) is 0. The van der Waals surface area contributed by atoms with Crippen LogP contribution >= 0.6 is 11.6 Å². The van der Waals surface area contributed by atoms with Crippen LogP contribution in [0.1, 0.15) is 27.0 Å². The Morgan fingerprint density at radius 3 is 2.42 bits per heavy atom. The van der Waals surface area contributed by atoms with Gasteiger partial charge in [-0.15, -0.1) is 0 Å². The number of hydrogen-bond donors (Lipinski definition) is 0. The molecule has 1 nitrogen and oxygen atoms in total. The molecule has 1 radical (unpaired) electrons. The van der Waals surface area contributed by atoms with E-state index in [0.29, 0.717) is 5.56 Å². The van der Waals surface area contributed by atoms with Crippen molar-refractivity contribution < 1.29 is 4.79 Å². The Hall–Kier alpha value is -0.820. The molecule has 0 aliphatic heterocycles. The minimum Gasteiger partial charge on any atom is -0.276 e. The summed E-state index contributed by atoms with van der Waals surface area (Å²) in [6.07, 6.45) is 0. The van der Waals surface area contributed by atoms with Gasteiger partial charge in [0.05, 0.1) is 0 Å². The van der Waals surface area contributed by atoms with Crippen molar-refractivity contribution in [3.05, 3.63) is 34.4 Å². The maximum atomic E-state index is 10.9. The predicted octanol–water partition coefficient (Wildman–Crippen LogP) is 2.79. The third-order valence-corrected chi connectivity index (χ3v) is 1.97. The van der Waals surface area contributed by atoms with Crippen molar-refractivity contribution in [1.29, 1.82) is 0 Å². The monoisotopic (exact) mass is 181 g/mol. The molecule has 0 aliphatic carbocycles. The van der Waals surface area contributed by atoms with E-state index in [1.54, 1.807) is 0 Å². The van der Waals surface area contributed by atoms with Crippen LogP contribution in [-0.4, -0.2) is 5.24 Å². The molecule has 63 valence electrons. The van der Waals surface area contributed by atoms with Gasteiger partial charge in [-0.2, -0.15) is 0 Å². The fourth-order valence-corrected chi connectivity index (χ4v) is 1.68. The molecule has 1 aromatic rings. The van der Waals surface area contributed by atoms with Crippen LogP contribution in [0.4, 0.5) is 0 Å². The molecule has 0 aromatic heterocycles. The summed E-state index contributed by atoms with van der Waals surface area (Å²) in [6.45, 7) is 5.67. The number of halogens is 1. The van der Waals surface area contributed by atoms with Crippen molar-refractivity contribution in [2.75, 3.05) is 0 Å². The van der Waals surface area contributed by atoms with E-state index in [1.807, 2.05) is 26.8 Å². The Morgan fingerprint density at radius 2 is 2.00 bits per heavy atom. The topological polar surface area (TPSA) is 17.1 Å². The first-order valence-electron chi connectivity index (χ1n) is 3.72. The van der Waals surface area contributed by atoms with Gasteiger partial charge in [0.2, 0.25) is 0 Å². The van der Waals surface area contributed by atoms with Crippen molar-refractivity contribution in [3.8, 4) is 0 Å². The first kappa shape index (κ1) is 9.27. The lowest BCUT2D eigenvalue weighted by molar-refractivity contribution is 0.108. The van der Waals surface area contributed by atoms with Crippen molar-refractivity contribution >= 4 is 16.8 Å². The minimum absolute atomic E-state index is 0.402. The van der Waals surface area contributed by atoms with Crippen molar-refractivity contribution in [2.24, 2.45) is 0 Å². The summed E-state index contributed by atoms with van der Waals surface area (Å²) in [5.41, 5.74) is 3.37. The highest BCUT2D eigenvalue weighted by atomic mass is 35.5. The van der Waals surface area contributed by atoms with Crippen LogP contribution < -0.4 is 0 Å². The van der Waals surface area contributed by atoms with Gasteiger partial charge in [-0.25, -0.2) is 0 Å². The summed E-state index contributed by atoms with van der Waals surface area (Å²) >= 11 is 5.41. The van der Waals surface area contributed by atoms with Gasteiger partial charge >= 0.3 is 0 Å². The molecule has 0 heterocycles. The number of carbonyl (C=O) groups excluding carboxylic acids is 1. The van der Waals surface area contributed by atoms with Crippen LogP contribution in [0.25, 0.3) is 0 Å². The van der Waals surface area contributed by atoms with Gasteiger partial charge < -0.3 is 0 Å². The lowest BCUT2D eigenvalue weighted by Gasteiger charge is -2.05. The molecule has 0 saturated heterocycles. The zero-order chi connectivity index (χ0) is 9.30. The van der Waals surface area contributed by atoms with E-state index in [1.165, 1.54) is 0 Å². The van der Waals surface area contributed by atoms with Gasteiger partial charge in [0.25, 0.3) is 5.24 Å². The fraction of sp³-hybridized carbons (Fsp3) is 0.300. The first-order chi connectivity index (χ1) is 5.52. The third kappa shape index (κ3) is 1.67. The van der Waals surface area contributed by atoms with Crippen molar-refractivity contribution in [3.63, 3.8) is 0 Å². The van der Waals surface area contributed by atoms with E-state index >= 15 is 0 Å². The smallest absolute Gasteiger partial charge is 0.252 e. The Balaban J connectivity index is 3.38. The highest BCUT2D eigenvalue weighted by molar-refractivity contribution is 6.68. The van der Waals surface area contributed by atoms with E-state index in [9.17, 15) is 4.79 Å². The fourth-order valence-electron chi connectivity index (χ4n) is 1.39. The van der Waals surface area contributed by atoms with Gasteiger partial charge in [-0.05, 0) is 55.1 Å². The molecule has 0 atom stereocenters. The quantitative estimate of drug-likeness (QED) is 0.609. The summed E-state index contributed by atoms with van der Waals surface area (Å²) in [4.78, 5) is 10.9. The predicted molar refractivity (Wildman–Crippen MR) is 49.7 cm³/mol. The Bertz CT molecular complexity index is 306. The zero-order valence-electron chi connectivity index (χ0n) is 7.36. The maximum Gasteiger partial charge on any atom is 0.252 e. The summed E-state index contributed by atoms with van der Waals surface area (Å²) < 4.78 is 0.